The molecule has 0 atom stereocenters. The molecule has 6 nitrogen and oxygen atoms in total. The highest BCUT2D eigenvalue weighted by Gasteiger charge is 2.17. The first-order valence-electron chi connectivity index (χ1n) is 8.80. The molecule has 0 saturated carbocycles. The van der Waals surface area contributed by atoms with E-state index in [1.54, 1.807) is 48.7 Å². The summed E-state index contributed by atoms with van der Waals surface area (Å²) in [5.74, 6) is -1.01. The number of nitrogens with zero attached hydrogens (tertiary/aromatic N) is 3. The Balaban J connectivity index is 1.61. The van der Waals surface area contributed by atoms with E-state index in [9.17, 15) is 14.0 Å². The summed E-state index contributed by atoms with van der Waals surface area (Å²) < 4.78 is 14.6. The van der Waals surface area contributed by atoms with Crippen LogP contribution in [-0.4, -0.2) is 20.7 Å². The lowest BCUT2D eigenvalue weighted by atomic mass is 10.2. The van der Waals surface area contributed by atoms with Gasteiger partial charge in [-0.1, -0.05) is 11.6 Å². The van der Waals surface area contributed by atoms with Gasteiger partial charge in [0.15, 0.2) is 10.8 Å². The Labute approximate surface area is 179 Å². The van der Waals surface area contributed by atoms with Crippen molar-refractivity contribution >= 4 is 34.0 Å². The van der Waals surface area contributed by atoms with Crippen molar-refractivity contribution in [2.75, 3.05) is 5.32 Å². The van der Waals surface area contributed by atoms with E-state index in [1.165, 1.54) is 34.2 Å². The Bertz CT molecular complexity index is 1280. The molecule has 0 aliphatic carbocycles. The van der Waals surface area contributed by atoms with Crippen molar-refractivity contribution < 1.29 is 9.18 Å². The van der Waals surface area contributed by atoms with E-state index in [0.717, 1.165) is 0 Å². The van der Waals surface area contributed by atoms with Gasteiger partial charge in [-0.3, -0.25) is 14.9 Å². The lowest BCUT2D eigenvalue weighted by Gasteiger charge is -2.11. The molecule has 30 heavy (non-hydrogen) atoms. The molecule has 9 heteroatoms. The number of hydrogen-bond acceptors (Lipinski definition) is 5. The minimum Gasteiger partial charge on any atom is -0.296 e. The van der Waals surface area contributed by atoms with Gasteiger partial charge in [0.2, 0.25) is 5.43 Å². The molecule has 0 aliphatic rings. The van der Waals surface area contributed by atoms with Crippen LogP contribution in [0.3, 0.4) is 0 Å². The van der Waals surface area contributed by atoms with Crippen LogP contribution in [0.4, 0.5) is 9.52 Å². The first kappa shape index (κ1) is 19.9. The third-order valence-corrected chi connectivity index (χ3v) is 5.27. The highest BCUT2D eigenvalue weighted by atomic mass is 35.5. The molecular formula is C21H14ClFN4O2S. The molecule has 1 N–H and O–H groups in total. The van der Waals surface area contributed by atoms with Crippen LogP contribution in [-0.2, 0) is 0 Å². The van der Waals surface area contributed by atoms with Crippen LogP contribution in [0.25, 0.3) is 16.9 Å². The van der Waals surface area contributed by atoms with Gasteiger partial charge in [0.1, 0.15) is 5.82 Å². The van der Waals surface area contributed by atoms with Gasteiger partial charge in [-0.15, -0.1) is 11.3 Å². The topological polar surface area (TPSA) is 76.9 Å². The summed E-state index contributed by atoms with van der Waals surface area (Å²) in [6, 6.07) is 14.1. The number of amides is 1. The third-order valence-electron chi connectivity index (χ3n) is 4.26. The maximum Gasteiger partial charge on any atom is 0.281 e. The molecule has 1 amide bonds. The molecule has 0 radical (unpaired) electrons. The molecule has 0 bridgehead atoms. The molecule has 0 fully saturated rings. The minimum atomic E-state index is -0.664. The van der Waals surface area contributed by atoms with Crippen molar-refractivity contribution in [1.29, 1.82) is 0 Å². The van der Waals surface area contributed by atoms with Gasteiger partial charge in [0, 0.05) is 27.7 Å². The first-order chi connectivity index (χ1) is 14.4. The maximum atomic E-state index is 13.1. The van der Waals surface area contributed by atoms with Crippen molar-refractivity contribution in [3.05, 3.63) is 92.4 Å². The molecule has 4 rings (SSSR count). The third kappa shape index (κ3) is 4.14. The van der Waals surface area contributed by atoms with E-state index in [-0.39, 0.29) is 11.5 Å². The van der Waals surface area contributed by atoms with Gasteiger partial charge in [-0.2, -0.15) is 5.10 Å². The van der Waals surface area contributed by atoms with Gasteiger partial charge >= 0.3 is 0 Å². The predicted octanol–water partition coefficient (Wildman–Crippen LogP) is 4.71. The average molecular weight is 441 g/mol. The highest BCUT2D eigenvalue weighted by Crippen LogP contribution is 2.25. The lowest BCUT2D eigenvalue weighted by Crippen LogP contribution is -2.26. The second-order valence-electron chi connectivity index (χ2n) is 6.39. The van der Waals surface area contributed by atoms with Crippen molar-refractivity contribution in [1.82, 2.24) is 14.8 Å². The van der Waals surface area contributed by atoms with E-state index in [1.807, 2.05) is 0 Å². The maximum absolute atomic E-state index is 13.1. The van der Waals surface area contributed by atoms with Crippen LogP contribution in [0.2, 0.25) is 5.02 Å². The molecule has 2 aromatic heterocycles. The van der Waals surface area contributed by atoms with E-state index >= 15 is 0 Å². The van der Waals surface area contributed by atoms with Crippen molar-refractivity contribution in [3.8, 4) is 16.9 Å². The van der Waals surface area contributed by atoms with Crippen molar-refractivity contribution in [3.63, 3.8) is 0 Å². The number of anilines is 1. The van der Waals surface area contributed by atoms with Crippen LogP contribution in [0.1, 0.15) is 16.2 Å². The average Bonchev–Trinajstić information content (AvgIpc) is 3.18. The Morgan fingerprint density at radius 1 is 1.13 bits per heavy atom. The standard InChI is InChI=1S/C21H14ClFN4O2S/c1-12-10-18(28)19(26-27(12)16-8-4-14(22)5-9-16)20(29)25-21-24-17(11-30-21)13-2-6-15(23)7-3-13/h2-11H,1H3,(H,24,25,29). The summed E-state index contributed by atoms with van der Waals surface area (Å²) in [6.45, 7) is 1.72. The minimum absolute atomic E-state index is 0.255. The zero-order valence-electron chi connectivity index (χ0n) is 15.6. The Morgan fingerprint density at radius 3 is 2.53 bits per heavy atom. The SMILES string of the molecule is Cc1cc(=O)c(C(=O)Nc2nc(-c3ccc(F)cc3)cs2)nn1-c1ccc(Cl)cc1. The fourth-order valence-corrected chi connectivity index (χ4v) is 3.63. The number of nitrogens with one attached hydrogen (secondary N) is 1. The summed E-state index contributed by atoms with van der Waals surface area (Å²) in [5.41, 5.74) is 1.79. The first-order valence-corrected chi connectivity index (χ1v) is 10.1. The summed E-state index contributed by atoms with van der Waals surface area (Å²) in [4.78, 5) is 29.4. The second kappa shape index (κ2) is 8.17. The van der Waals surface area contributed by atoms with E-state index < -0.39 is 11.3 Å². The molecule has 150 valence electrons. The lowest BCUT2D eigenvalue weighted by molar-refractivity contribution is 0.101. The van der Waals surface area contributed by atoms with Gasteiger partial charge < -0.3 is 0 Å². The van der Waals surface area contributed by atoms with Crippen LogP contribution >= 0.6 is 22.9 Å². The number of aromatic nitrogens is 3. The number of thiazole rings is 1. The molecule has 2 heterocycles. The fraction of sp³-hybridized carbons (Fsp3) is 0.0476. The van der Waals surface area contributed by atoms with Crippen LogP contribution in [0.5, 0.6) is 0 Å². The zero-order chi connectivity index (χ0) is 21.3. The summed E-state index contributed by atoms with van der Waals surface area (Å²) in [6.07, 6.45) is 0. The summed E-state index contributed by atoms with van der Waals surface area (Å²) in [5, 5.41) is 9.44. The molecule has 0 saturated heterocycles. The summed E-state index contributed by atoms with van der Waals surface area (Å²) >= 11 is 7.12. The number of rotatable bonds is 4. The molecular weight excluding hydrogens is 427 g/mol. The normalized spacial score (nSPS) is 10.8. The zero-order valence-corrected chi connectivity index (χ0v) is 17.2. The largest absolute Gasteiger partial charge is 0.296 e. The molecule has 0 spiro atoms. The summed E-state index contributed by atoms with van der Waals surface area (Å²) in [7, 11) is 0. The number of aryl methyl sites for hydroxylation is 1. The fourth-order valence-electron chi connectivity index (χ4n) is 2.79. The molecule has 0 aliphatic heterocycles. The Hall–Kier alpha value is -3.36. The van der Waals surface area contributed by atoms with Gasteiger partial charge in [0.25, 0.3) is 5.91 Å². The number of benzene rings is 2. The molecule has 4 aromatic rings. The molecule has 0 unspecified atom stereocenters. The van der Waals surface area contributed by atoms with Crippen LogP contribution in [0, 0.1) is 12.7 Å². The second-order valence-corrected chi connectivity index (χ2v) is 7.68. The predicted molar refractivity (Wildman–Crippen MR) is 115 cm³/mol. The van der Waals surface area contributed by atoms with E-state index in [2.05, 4.69) is 15.4 Å². The highest BCUT2D eigenvalue weighted by molar-refractivity contribution is 7.14. The number of halogens is 2. The monoisotopic (exact) mass is 440 g/mol. The number of hydrogen-bond donors (Lipinski definition) is 1. The van der Waals surface area contributed by atoms with E-state index in [4.69, 9.17) is 11.6 Å². The number of carbonyl (C=O) groups excluding carboxylic acids is 1. The Kier molecular flexibility index (Phi) is 5.43. The van der Waals surface area contributed by atoms with Gasteiger partial charge in [-0.05, 0) is 55.5 Å². The van der Waals surface area contributed by atoms with Gasteiger partial charge in [-0.25, -0.2) is 14.1 Å². The quantitative estimate of drug-likeness (QED) is 0.498. The van der Waals surface area contributed by atoms with Crippen LogP contribution < -0.4 is 10.7 Å². The Morgan fingerprint density at radius 2 is 1.83 bits per heavy atom. The van der Waals surface area contributed by atoms with Crippen molar-refractivity contribution in [2.45, 2.75) is 6.92 Å². The van der Waals surface area contributed by atoms with Crippen molar-refractivity contribution in [2.24, 2.45) is 0 Å². The smallest absolute Gasteiger partial charge is 0.281 e. The van der Waals surface area contributed by atoms with Crippen LogP contribution in [0.15, 0.2) is 64.8 Å². The number of carbonyl (C=O) groups is 1. The van der Waals surface area contributed by atoms with E-state index in [0.29, 0.717) is 32.8 Å². The molecule has 2 aromatic carbocycles. The van der Waals surface area contributed by atoms with Gasteiger partial charge in [0.05, 0.1) is 11.4 Å².